The molecule has 1 aromatic heterocycles. The van der Waals surface area contributed by atoms with Crippen LogP contribution in [-0.4, -0.2) is 41.0 Å². The highest BCUT2D eigenvalue weighted by Crippen LogP contribution is 2.46. The van der Waals surface area contributed by atoms with Crippen LogP contribution in [0.15, 0.2) is 18.2 Å². The van der Waals surface area contributed by atoms with Gasteiger partial charge in [-0.1, -0.05) is 19.1 Å². The van der Waals surface area contributed by atoms with E-state index in [1.165, 1.54) is 49.3 Å². The summed E-state index contributed by atoms with van der Waals surface area (Å²) in [4.78, 5) is 6.44. The van der Waals surface area contributed by atoms with Gasteiger partial charge in [0.15, 0.2) is 0 Å². The number of aromatic amines is 1. The number of nitrogens with zero attached hydrogens (tertiary/aromatic N) is 1. The van der Waals surface area contributed by atoms with Crippen molar-refractivity contribution in [2.75, 3.05) is 25.1 Å². The SMILES string of the molecule is CCCN1CC(CSC)C[C@@H]2c3cccc4[nH]c(C)c(c34)C[C@H]21. The molecule has 2 heterocycles. The lowest BCUT2D eigenvalue weighted by Crippen LogP contribution is -2.50. The summed E-state index contributed by atoms with van der Waals surface area (Å²) in [6.45, 7) is 7.12. The van der Waals surface area contributed by atoms with Crippen molar-refractivity contribution < 1.29 is 0 Å². The number of aryl methyl sites for hydroxylation is 1. The molecule has 4 rings (SSSR count). The number of nitrogens with one attached hydrogen (secondary N) is 1. The van der Waals surface area contributed by atoms with E-state index in [2.05, 4.69) is 48.2 Å². The molecule has 3 atom stereocenters. The molecule has 1 unspecified atom stereocenters. The van der Waals surface area contributed by atoms with E-state index in [-0.39, 0.29) is 0 Å². The summed E-state index contributed by atoms with van der Waals surface area (Å²) in [6.07, 6.45) is 6.12. The van der Waals surface area contributed by atoms with Crippen LogP contribution in [-0.2, 0) is 6.42 Å². The van der Waals surface area contributed by atoms with E-state index in [4.69, 9.17) is 0 Å². The zero-order valence-corrected chi connectivity index (χ0v) is 15.4. The van der Waals surface area contributed by atoms with Crippen LogP contribution in [0, 0.1) is 12.8 Å². The van der Waals surface area contributed by atoms with Crippen molar-refractivity contribution in [1.82, 2.24) is 9.88 Å². The molecule has 1 saturated heterocycles. The standard InChI is InChI=1S/C20H28N2S/c1-4-8-22-11-14(12-23-3)9-17-15-6-5-7-18-20(15)16(10-19(17)22)13(2)21-18/h5-7,14,17,19,21H,4,8-12H2,1-3H3/t14?,17-,19-/m1/s1. The fourth-order valence-corrected chi connectivity index (χ4v) is 5.78. The first kappa shape index (κ1) is 15.6. The Bertz CT molecular complexity index is 705. The Hall–Kier alpha value is -0.930. The van der Waals surface area contributed by atoms with Crippen molar-refractivity contribution >= 4 is 22.7 Å². The molecule has 23 heavy (non-hydrogen) atoms. The smallest absolute Gasteiger partial charge is 0.0461 e. The van der Waals surface area contributed by atoms with Crippen LogP contribution in [0.25, 0.3) is 10.9 Å². The van der Waals surface area contributed by atoms with E-state index in [1.54, 1.807) is 16.5 Å². The van der Waals surface area contributed by atoms with Crippen LogP contribution in [0.1, 0.15) is 42.5 Å². The fourth-order valence-electron chi connectivity index (χ4n) is 5.07. The van der Waals surface area contributed by atoms with Crippen LogP contribution >= 0.6 is 11.8 Å². The molecule has 0 saturated carbocycles. The van der Waals surface area contributed by atoms with Crippen molar-refractivity contribution in [2.45, 2.75) is 45.1 Å². The minimum atomic E-state index is 0.709. The number of aromatic nitrogens is 1. The molecule has 1 aromatic carbocycles. The molecule has 1 fully saturated rings. The minimum Gasteiger partial charge on any atom is -0.358 e. The third-order valence-corrected chi connectivity index (χ3v) is 6.72. The van der Waals surface area contributed by atoms with Gasteiger partial charge in [0, 0.05) is 35.1 Å². The maximum atomic E-state index is 3.63. The van der Waals surface area contributed by atoms with Crippen LogP contribution in [0.2, 0.25) is 0 Å². The normalized spacial score (nSPS) is 27.3. The zero-order chi connectivity index (χ0) is 16.0. The summed E-state index contributed by atoms with van der Waals surface area (Å²) in [5, 5.41) is 1.55. The molecule has 3 heteroatoms. The number of benzene rings is 1. The lowest BCUT2D eigenvalue weighted by molar-refractivity contribution is 0.0925. The molecule has 2 aliphatic rings. The molecule has 124 valence electrons. The number of fused-ring (bicyclic) bond motifs is 2. The maximum absolute atomic E-state index is 3.63. The Balaban J connectivity index is 1.79. The lowest BCUT2D eigenvalue weighted by atomic mass is 9.72. The van der Waals surface area contributed by atoms with Gasteiger partial charge in [0.05, 0.1) is 0 Å². The molecule has 1 N–H and O–H groups in total. The van der Waals surface area contributed by atoms with E-state index < -0.39 is 0 Å². The number of piperidine rings is 1. The molecule has 2 nitrogen and oxygen atoms in total. The van der Waals surface area contributed by atoms with E-state index in [0.29, 0.717) is 6.04 Å². The first-order valence-corrected chi connectivity index (χ1v) is 10.4. The van der Waals surface area contributed by atoms with Crippen LogP contribution in [0.4, 0.5) is 0 Å². The van der Waals surface area contributed by atoms with Gasteiger partial charge >= 0.3 is 0 Å². The Morgan fingerprint density at radius 2 is 2.22 bits per heavy atom. The Morgan fingerprint density at radius 3 is 3.00 bits per heavy atom. The van der Waals surface area contributed by atoms with E-state index in [9.17, 15) is 0 Å². The molecule has 1 aliphatic heterocycles. The maximum Gasteiger partial charge on any atom is 0.0461 e. The highest BCUT2D eigenvalue weighted by atomic mass is 32.2. The van der Waals surface area contributed by atoms with Crippen molar-refractivity contribution in [3.63, 3.8) is 0 Å². The second kappa shape index (κ2) is 6.18. The topological polar surface area (TPSA) is 19.0 Å². The van der Waals surface area contributed by atoms with Gasteiger partial charge in [0.25, 0.3) is 0 Å². The molecule has 2 aromatic rings. The van der Waals surface area contributed by atoms with Crippen molar-refractivity contribution in [2.24, 2.45) is 5.92 Å². The second-order valence-electron chi connectivity index (χ2n) is 7.43. The molecular formula is C20H28N2S. The van der Waals surface area contributed by atoms with Gasteiger partial charge in [-0.3, -0.25) is 4.90 Å². The Morgan fingerprint density at radius 1 is 1.35 bits per heavy atom. The van der Waals surface area contributed by atoms with Gasteiger partial charge in [-0.05, 0) is 67.9 Å². The first-order valence-electron chi connectivity index (χ1n) is 9.06. The predicted molar refractivity (Wildman–Crippen MR) is 102 cm³/mol. The van der Waals surface area contributed by atoms with Crippen LogP contribution < -0.4 is 0 Å². The fraction of sp³-hybridized carbons (Fsp3) is 0.600. The van der Waals surface area contributed by atoms with Gasteiger partial charge < -0.3 is 4.98 Å². The minimum absolute atomic E-state index is 0.709. The summed E-state index contributed by atoms with van der Waals surface area (Å²) < 4.78 is 0. The first-order chi connectivity index (χ1) is 11.2. The van der Waals surface area contributed by atoms with Gasteiger partial charge in [0.2, 0.25) is 0 Å². The van der Waals surface area contributed by atoms with E-state index in [1.807, 2.05) is 11.8 Å². The summed E-state index contributed by atoms with van der Waals surface area (Å²) >= 11 is 2.02. The van der Waals surface area contributed by atoms with Crippen molar-refractivity contribution in [3.05, 3.63) is 35.0 Å². The molecule has 0 spiro atoms. The summed E-state index contributed by atoms with van der Waals surface area (Å²) in [6, 6.07) is 7.62. The molecular weight excluding hydrogens is 300 g/mol. The highest BCUT2D eigenvalue weighted by molar-refractivity contribution is 7.98. The summed E-state index contributed by atoms with van der Waals surface area (Å²) in [5.41, 5.74) is 5.93. The van der Waals surface area contributed by atoms with Gasteiger partial charge in [-0.2, -0.15) is 11.8 Å². The third-order valence-electron chi connectivity index (χ3n) is 5.91. The number of hydrogen-bond donors (Lipinski definition) is 1. The quantitative estimate of drug-likeness (QED) is 0.886. The van der Waals surface area contributed by atoms with Crippen molar-refractivity contribution in [3.8, 4) is 0 Å². The third kappa shape index (κ3) is 2.53. The summed E-state index contributed by atoms with van der Waals surface area (Å²) in [7, 11) is 0. The number of H-pyrrole nitrogens is 1. The molecule has 0 radical (unpaired) electrons. The largest absolute Gasteiger partial charge is 0.358 e. The predicted octanol–water partition coefficient (Wildman–Crippen LogP) is 4.58. The zero-order valence-electron chi connectivity index (χ0n) is 14.6. The number of rotatable bonds is 4. The van der Waals surface area contributed by atoms with E-state index in [0.717, 1.165) is 11.8 Å². The Labute approximate surface area is 144 Å². The monoisotopic (exact) mass is 328 g/mol. The average molecular weight is 329 g/mol. The lowest BCUT2D eigenvalue weighted by Gasteiger charge is -2.47. The van der Waals surface area contributed by atoms with Crippen LogP contribution in [0.5, 0.6) is 0 Å². The summed E-state index contributed by atoms with van der Waals surface area (Å²) in [5.74, 6) is 2.87. The van der Waals surface area contributed by atoms with Gasteiger partial charge in [-0.15, -0.1) is 0 Å². The van der Waals surface area contributed by atoms with E-state index >= 15 is 0 Å². The molecule has 0 amide bonds. The second-order valence-corrected chi connectivity index (χ2v) is 8.34. The molecule has 0 bridgehead atoms. The number of likely N-dealkylation sites (tertiary alicyclic amines) is 1. The average Bonchev–Trinajstić information content (AvgIpc) is 2.86. The molecule has 1 aliphatic carbocycles. The highest BCUT2D eigenvalue weighted by Gasteiger charge is 2.40. The van der Waals surface area contributed by atoms with Crippen molar-refractivity contribution in [1.29, 1.82) is 0 Å². The van der Waals surface area contributed by atoms with Gasteiger partial charge in [-0.25, -0.2) is 0 Å². The Kier molecular flexibility index (Phi) is 4.19. The van der Waals surface area contributed by atoms with Gasteiger partial charge in [0.1, 0.15) is 0 Å². The number of hydrogen-bond acceptors (Lipinski definition) is 2. The van der Waals surface area contributed by atoms with Crippen LogP contribution in [0.3, 0.4) is 0 Å². The number of thioether (sulfide) groups is 1.